The normalized spacial score (nSPS) is 32.8. The summed E-state index contributed by atoms with van der Waals surface area (Å²) >= 11 is 2.12. The molecule has 0 saturated carbocycles. The number of thioether (sulfide) groups is 1. The van der Waals surface area contributed by atoms with Gasteiger partial charge in [-0.2, -0.15) is 11.8 Å². The molecule has 0 spiro atoms. The monoisotopic (exact) mass is 258 g/mol. The van der Waals surface area contributed by atoms with E-state index in [1.807, 2.05) is 0 Å². The first-order chi connectivity index (χ1) is 8.24. The highest BCUT2D eigenvalue weighted by Gasteiger charge is 2.22. The van der Waals surface area contributed by atoms with E-state index >= 15 is 0 Å². The van der Waals surface area contributed by atoms with E-state index in [-0.39, 0.29) is 0 Å². The van der Waals surface area contributed by atoms with Crippen LogP contribution in [0.15, 0.2) is 0 Å². The quantitative estimate of drug-likeness (QED) is 0.827. The third-order valence-corrected chi connectivity index (χ3v) is 4.77. The van der Waals surface area contributed by atoms with Gasteiger partial charge in [0, 0.05) is 30.1 Å². The molecule has 2 unspecified atom stereocenters. The van der Waals surface area contributed by atoms with Crippen LogP contribution in [-0.4, -0.2) is 60.8 Å². The lowest BCUT2D eigenvalue weighted by Crippen LogP contribution is -2.42. The van der Waals surface area contributed by atoms with E-state index in [0.717, 1.165) is 36.7 Å². The molecule has 3 nitrogen and oxygen atoms in total. The van der Waals surface area contributed by atoms with E-state index in [2.05, 4.69) is 35.8 Å². The second-order valence-corrected chi connectivity index (χ2v) is 7.22. The molecule has 0 radical (unpaired) electrons. The van der Waals surface area contributed by atoms with Gasteiger partial charge in [-0.3, -0.25) is 4.90 Å². The van der Waals surface area contributed by atoms with Crippen LogP contribution in [0.5, 0.6) is 0 Å². The topological polar surface area (TPSA) is 24.5 Å². The Morgan fingerprint density at radius 1 is 1.18 bits per heavy atom. The van der Waals surface area contributed by atoms with Crippen LogP contribution in [0.1, 0.15) is 26.7 Å². The molecule has 2 aliphatic rings. The van der Waals surface area contributed by atoms with E-state index < -0.39 is 0 Å². The van der Waals surface area contributed by atoms with Gasteiger partial charge < -0.3 is 10.1 Å². The van der Waals surface area contributed by atoms with Crippen molar-refractivity contribution in [3.05, 3.63) is 0 Å². The molecule has 1 N–H and O–H groups in total. The first kappa shape index (κ1) is 13.7. The molecular formula is C13H26N2OS. The molecule has 0 aromatic heterocycles. The molecule has 2 fully saturated rings. The molecule has 0 aromatic rings. The standard InChI is InChI=1S/C13H26N2OS/c1-11-9-15(10-12(2)17-11)7-8-16-13-3-5-14-6-4-13/h11-14H,3-10H2,1-2H3. The lowest BCUT2D eigenvalue weighted by atomic mass is 10.1. The summed E-state index contributed by atoms with van der Waals surface area (Å²) < 4.78 is 5.97. The Balaban J connectivity index is 1.60. The maximum Gasteiger partial charge on any atom is 0.0600 e. The summed E-state index contributed by atoms with van der Waals surface area (Å²) in [6.07, 6.45) is 2.87. The Morgan fingerprint density at radius 3 is 2.47 bits per heavy atom. The molecule has 2 heterocycles. The zero-order chi connectivity index (χ0) is 12.1. The van der Waals surface area contributed by atoms with Crippen molar-refractivity contribution in [3.63, 3.8) is 0 Å². The van der Waals surface area contributed by atoms with Crippen molar-refractivity contribution >= 4 is 11.8 Å². The molecule has 4 heteroatoms. The fourth-order valence-electron chi connectivity index (χ4n) is 2.78. The third kappa shape index (κ3) is 4.78. The van der Waals surface area contributed by atoms with E-state index in [1.54, 1.807) is 0 Å². The van der Waals surface area contributed by atoms with Crippen LogP contribution in [0.4, 0.5) is 0 Å². The predicted octanol–water partition coefficient (Wildman–Crippen LogP) is 1.58. The van der Waals surface area contributed by atoms with E-state index in [0.29, 0.717) is 6.10 Å². The second kappa shape index (κ2) is 6.98. The fraction of sp³-hybridized carbons (Fsp3) is 1.00. The Labute approximate surface area is 110 Å². The van der Waals surface area contributed by atoms with Gasteiger partial charge in [-0.25, -0.2) is 0 Å². The maximum absolute atomic E-state index is 5.97. The molecule has 0 aliphatic carbocycles. The SMILES string of the molecule is CC1CN(CCOC2CCNCC2)CC(C)S1. The Morgan fingerprint density at radius 2 is 1.82 bits per heavy atom. The summed E-state index contributed by atoms with van der Waals surface area (Å²) in [6, 6.07) is 0. The average molecular weight is 258 g/mol. The minimum Gasteiger partial charge on any atom is -0.377 e. The van der Waals surface area contributed by atoms with Crippen LogP contribution in [0, 0.1) is 0 Å². The average Bonchev–Trinajstić information content (AvgIpc) is 2.29. The maximum atomic E-state index is 5.97. The van der Waals surface area contributed by atoms with E-state index in [1.165, 1.54) is 25.9 Å². The van der Waals surface area contributed by atoms with Crippen LogP contribution in [0.25, 0.3) is 0 Å². The highest BCUT2D eigenvalue weighted by molar-refractivity contribution is 8.00. The minimum atomic E-state index is 0.505. The van der Waals surface area contributed by atoms with Crippen LogP contribution >= 0.6 is 11.8 Å². The van der Waals surface area contributed by atoms with Gasteiger partial charge in [-0.05, 0) is 25.9 Å². The summed E-state index contributed by atoms with van der Waals surface area (Å²) in [5.41, 5.74) is 0. The smallest absolute Gasteiger partial charge is 0.0600 e. The number of hydrogen-bond acceptors (Lipinski definition) is 4. The van der Waals surface area contributed by atoms with Gasteiger partial charge in [-0.1, -0.05) is 13.8 Å². The largest absolute Gasteiger partial charge is 0.377 e. The van der Waals surface area contributed by atoms with Crippen molar-refractivity contribution in [2.75, 3.05) is 39.3 Å². The van der Waals surface area contributed by atoms with E-state index in [4.69, 9.17) is 4.74 Å². The first-order valence-corrected chi connectivity index (χ1v) is 7.88. The number of hydrogen-bond donors (Lipinski definition) is 1. The van der Waals surface area contributed by atoms with Gasteiger partial charge in [0.2, 0.25) is 0 Å². The van der Waals surface area contributed by atoms with Crippen molar-refractivity contribution in [2.45, 2.75) is 43.3 Å². The number of nitrogens with one attached hydrogen (secondary N) is 1. The fourth-order valence-corrected chi connectivity index (χ4v) is 4.16. The van der Waals surface area contributed by atoms with Crippen molar-refractivity contribution in [1.82, 2.24) is 10.2 Å². The van der Waals surface area contributed by atoms with Crippen molar-refractivity contribution in [3.8, 4) is 0 Å². The van der Waals surface area contributed by atoms with Crippen LogP contribution < -0.4 is 5.32 Å². The van der Waals surface area contributed by atoms with Crippen LogP contribution in [0.2, 0.25) is 0 Å². The van der Waals surface area contributed by atoms with Gasteiger partial charge >= 0.3 is 0 Å². The Hall–Kier alpha value is 0.230. The number of ether oxygens (including phenoxy) is 1. The summed E-state index contributed by atoms with van der Waals surface area (Å²) in [4.78, 5) is 2.56. The van der Waals surface area contributed by atoms with Gasteiger partial charge in [0.25, 0.3) is 0 Å². The molecule has 0 aromatic carbocycles. The zero-order valence-electron chi connectivity index (χ0n) is 11.2. The number of rotatable bonds is 4. The van der Waals surface area contributed by atoms with Gasteiger partial charge in [0.05, 0.1) is 12.7 Å². The lowest BCUT2D eigenvalue weighted by molar-refractivity contribution is 0.0200. The Bertz CT molecular complexity index is 211. The number of nitrogens with zero attached hydrogens (tertiary/aromatic N) is 1. The van der Waals surface area contributed by atoms with Crippen molar-refractivity contribution < 1.29 is 4.74 Å². The third-order valence-electron chi connectivity index (χ3n) is 3.54. The minimum absolute atomic E-state index is 0.505. The summed E-state index contributed by atoms with van der Waals surface area (Å²) in [7, 11) is 0. The highest BCUT2D eigenvalue weighted by Crippen LogP contribution is 2.24. The van der Waals surface area contributed by atoms with Gasteiger partial charge in [0.1, 0.15) is 0 Å². The molecule has 0 amide bonds. The molecule has 100 valence electrons. The van der Waals surface area contributed by atoms with Crippen molar-refractivity contribution in [2.24, 2.45) is 0 Å². The predicted molar refractivity (Wildman–Crippen MR) is 74.8 cm³/mol. The van der Waals surface area contributed by atoms with Gasteiger partial charge in [-0.15, -0.1) is 0 Å². The zero-order valence-corrected chi connectivity index (χ0v) is 12.0. The molecule has 2 aliphatic heterocycles. The number of piperidine rings is 1. The lowest BCUT2D eigenvalue weighted by Gasteiger charge is -2.35. The molecule has 0 bridgehead atoms. The molecule has 2 atom stereocenters. The van der Waals surface area contributed by atoms with E-state index in [9.17, 15) is 0 Å². The highest BCUT2D eigenvalue weighted by atomic mass is 32.2. The molecule has 2 rings (SSSR count). The summed E-state index contributed by atoms with van der Waals surface area (Å²) in [5.74, 6) is 0. The van der Waals surface area contributed by atoms with Crippen LogP contribution in [0.3, 0.4) is 0 Å². The first-order valence-electron chi connectivity index (χ1n) is 6.94. The Kier molecular flexibility index (Phi) is 5.60. The van der Waals surface area contributed by atoms with Crippen molar-refractivity contribution in [1.29, 1.82) is 0 Å². The second-order valence-electron chi connectivity index (χ2n) is 5.34. The van der Waals surface area contributed by atoms with Gasteiger partial charge in [0.15, 0.2) is 0 Å². The molecule has 17 heavy (non-hydrogen) atoms. The molecular weight excluding hydrogens is 232 g/mol. The van der Waals surface area contributed by atoms with Crippen LogP contribution in [-0.2, 0) is 4.74 Å². The summed E-state index contributed by atoms with van der Waals surface area (Å²) in [6.45, 7) is 11.4. The molecule has 2 saturated heterocycles. The summed E-state index contributed by atoms with van der Waals surface area (Å²) in [5, 5.41) is 4.92.